The van der Waals surface area contributed by atoms with Crippen LogP contribution < -0.4 is 16.0 Å². The van der Waals surface area contributed by atoms with Crippen LogP contribution in [0.1, 0.15) is 15.9 Å². The van der Waals surface area contributed by atoms with Crippen molar-refractivity contribution >= 4 is 11.7 Å². The number of amides is 1. The highest BCUT2D eigenvalue weighted by Crippen LogP contribution is 2.26. The third-order valence-electron chi connectivity index (χ3n) is 3.05. The van der Waals surface area contributed by atoms with Crippen molar-refractivity contribution in [2.45, 2.75) is 0 Å². The van der Waals surface area contributed by atoms with E-state index in [1.807, 2.05) is 6.07 Å². The molecule has 136 valence electrons. The van der Waals surface area contributed by atoms with Gasteiger partial charge in [-0.3, -0.25) is 9.63 Å². The second-order valence-corrected chi connectivity index (χ2v) is 4.85. The maximum atomic E-state index is 12.5. The molecule has 0 aliphatic heterocycles. The van der Waals surface area contributed by atoms with Crippen LogP contribution in [0, 0.1) is 11.3 Å². The molecule has 0 unspecified atom stereocenters. The molecule has 2 aromatic rings. The lowest BCUT2D eigenvalue weighted by Gasteiger charge is -2.13. The number of alkyl halides is 1. The maximum Gasteiger partial charge on any atom is 0.284 e. The molecule has 0 fully saturated rings. The van der Waals surface area contributed by atoms with E-state index in [0.29, 0.717) is 11.1 Å². The van der Waals surface area contributed by atoms with Gasteiger partial charge in [-0.15, -0.1) is 0 Å². The number of hydrogen-bond donors (Lipinski definition) is 3. The first-order valence-corrected chi connectivity index (χ1v) is 7.50. The summed E-state index contributed by atoms with van der Waals surface area (Å²) in [5.74, 6) is -1.13. The van der Waals surface area contributed by atoms with E-state index in [-0.39, 0.29) is 42.9 Å². The molecule has 0 saturated carbocycles. The number of nitrogens with zero attached hydrogens (tertiary/aromatic N) is 3. The Bertz CT molecular complexity index is 825. The molecule has 1 aromatic carbocycles. The third-order valence-corrected chi connectivity index (χ3v) is 3.05. The molecule has 0 spiro atoms. The largest absolute Gasteiger partial charge is 0.474 e. The number of hydrogen-bond acceptors (Lipinski definition) is 8. The summed E-state index contributed by atoms with van der Waals surface area (Å²) in [4.78, 5) is 25.1. The Labute approximate surface area is 148 Å². The third kappa shape index (κ3) is 4.62. The van der Waals surface area contributed by atoms with Crippen LogP contribution in [0.2, 0.25) is 0 Å². The molecule has 10 heteroatoms. The number of aromatic nitrogens is 2. The first-order valence-electron chi connectivity index (χ1n) is 7.50. The van der Waals surface area contributed by atoms with E-state index in [4.69, 9.17) is 25.7 Å². The number of halogens is 1. The Morgan fingerprint density at radius 2 is 2.19 bits per heavy atom. The average Bonchev–Trinajstić information content (AvgIpc) is 2.66. The molecular formula is C16H16FN5O4. The fraction of sp³-hybridized carbons (Fsp3) is 0.250. The van der Waals surface area contributed by atoms with Crippen molar-refractivity contribution in [3.05, 3.63) is 35.4 Å². The van der Waals surface area contributed by atoms with Gasteiger partial charge in [-0.05, 0) is 12.1 Å². The van der Waals surface area contributed by atoms with Gasteiger partial charge in [0.1, 0.15) is 24.7 Å². The molecule has 2 rings (SSSR count). The number of nitriles is 1. The van der Waals surface area contributed by atoms with Gasteiger partial charge in [-0.2, -0.15) is 10.2 Å². The Balaban J connectivity index is 2.43. The van der Waals surface area contributed by atoms with Crippen LogP contribution in [0.25, 0.3) is 11.4 Å². The van der Waals surface area contributed by atoms with Crippen molar-refractivity contribution in [1.82, 2.24) is 15.4 Å². The number of rotatable bonds is 8. The topological polar surface area (TPSA) is 143 Å². The summed E-state index contributed by atoms with van der Waals surface area (Å²) < 4.78 is 17.7. The number of carbonyl (C=O) groups excluding carboxylic acids is 1. The Hall–Kier alpha value is -3.29. The van der Waals surface area contributed by atoms with E-state index in [2.05, 4.69) is 15.4 Å². The minimum atomic E-state index is -0.804. The monoisotopic (exact) mass is 361 g/mol. The van der Waals surface area contributed by atoms with E-state index in [9.17, 15) is 9.18 Å². The second-order valence-electron chi connectivity index (χ2n) is 4.85. The van der Waals surface area contributed by atoms with E-state index < -0.39 is 12.6 Å². The number of benzene rings is 1. The summed E-state index contributed by atoms with van der Waals surface area (Å²) in [6.07, 6.45) is 0. The Morgan fingerprint density at radius 1 is 1.38 bits per heavy atom. The number of hydroxylamine groups is 1. The quantitative estimate of drug-likeness (QED) is 0.458. The van der Waals surface area contributed by atoms with Crippen molar-refractivity contribution in [2.75, 3.05) is 32.2 Å². The lowest BCUT2D eigenvalue weighted by molar-refractivity contribution is 0.0166. The molecule has 26 heavy (non-hydrogen) atoms. The summed E-state index contributed by atoms with van der Waals surface area (Å²) in [5.41, 5.74) is 8.55. The first kappa shape index (κ1) is 19.0. The average molecular weight is 361 g/mol. The zero-order valence-electron chi connectivity index (χ0n) is 13.6. The molecular weight excluding hydrogens is 345 g/mol. The van der Waals surface area contributed by atoms with Gasteiger partial charge >= 0.3 is 0 Å². The zero-order chi connectivity index (χ0) is 18.9. The summed E-state index contributed by atoms with van der Waals surface area (Å²) in [6, 6.07) is 8.42. The second kappa shape index (κ2) is 9.26. The van der Waals surface area contributed by atoms with Crippen molar-refractivity contribution < 1.29 is 23.9 Å². The summed E-state index contributed by atoms with van der Waals surface area (Å²) in [6.45, 7) is -1.57. The minimum absolute atomic E-state index is 0.112. The molecule has 1 aromatic heterocycles. The maximum absolute atomic E-state index is 12.5. The van der Waals surface area contributed by atoms with Crippen molar-refractivity contribution in [3.63, 3.8) is 0 Å². The molecule has 1 heterocycles. The molecule has 0 bridgehead atoms. The highest BCUT2D eigenvalue weighted by molar-refractivity contribution is 6.00. The highest BCUT2D eigenvalue weighted by Gasteiger charge is 2.22. The number of nitrogen functional groups attached to an aromatic ring is 1. The van der Waals surface area contributed by atoms with Gasteiger partial charge in [-0.1, -0.05) is 12.1 Å². The number of carbonyl (C=O) groups is 1. The van der Waals surface area contributed by atoms with Gasteiger partial charge in [0.2, 0.25) is 5.88 Å². The first-order chi connectivity index (χ1) is 12.6. The predicted molar refractivity (Wildman–Crippen MR) is 88.6 cm³/mol. The Kier molecular flexibility index (Phi) is 6.78. The van der Waals surface area contributed by atoms with Gasteiger partial charge in [0.25, 0.3) is 5.91 Å². The fourth-order valence-corrected chi connectivity index (χ4v) is 1.98. The predicted octanol–water partition coefficient (Wildman–Crippen LogP) is 0.599. The van der Waals surface area contributed by atoms with Crippen molar-refractivity contribution in [2.24, 2.45) is 0 Å². The number of nitrogens with one attached hydrogen (secondary N) is 1. The smallest absolute Gasteiger partial charge is 0.284 e. The number of nitrogens with two attached hydrogens (primary N) is 1. The molecule has 0 aliphatic carbocycles. The summed E-state index contributed by atoms with van der Waals surface area (Å²) >= 11 is 0. The van der Waals surface area contributed by atoms with Crippen molar-refractivity contribution in [1.29, 1.82) is 5.26 Å². The van der Waals surface area contributed by atoms with Crippen LogP contribution in [-0.4, -0.2) is 47.5 Å². The van der Waals surface area contributed by atoms with E-state index in [0.717, 1.165) is 0 Å². The van der Waals surface area contributed by atoms with Gasteiger partial charge < -0.3 is 15.6 Å². The van der Waals surface area contributed by atoms with E-state index >= 15 is 0 Å². The van der Waals surface area contributed by atoms with Gasteiger partial charge in [0.15, 0.2) is 5.82 Å². The van der Waals surface area contributed by atoms with Gasteiger partial charge in [0, 0.05) is 5.56 Å². The Morgan fingerprint density at radius 3 is 2.88 bits per heavy atom. The van der Waals surface area contributed by atoms with E-state index in [1.165, 1.54) is 6.07 Å². The summed E-state index contributed by atoms with van der Waals surface area (Å²) in [7, 11) is 0. The van der Waals surface area contributed by atoms with Gasteiger partial charge in [-0.25, -0.2) is 14.9 Å². The number of aliphatic hydroxyl groups excluding tert-OH is 1. The van der Waals surface area contributed by atoms with Crippen LogP contribution in [0.4, 0.5) is 10.2 Å². The molecule has 9 nitrogen and oxygen atoms in total. The molecule has 0 aliphatic rings. The van der Waals surface area contributed by atoms with Crippen LogP contribution >= 0.6 is 0 Å². The van der Waals surface area contributed by atoms with Crippen LogP contribution in [0.5, 0.6) is 5.88 Å². The van der Waals surface area contributed by atoms with Crippen LogP contribution in [-0.2, 0) is 4.84 Å². The SMILES string of the molecule is N#Cc1cccc(-c2nc(N)c(C(=O)NOCCO)c(OCCF)n2)c1. The lowest BCUT2D eigenvalue weighted by atomic mass is 10.1. The molecule has 0 atom stereocenters. The highest BCUT2D eigenvalue weighted by atomic mass is 19.1. The molecule has 0 saturated heterocycles. The molecule has 0 radical (unpaired) electrons. The normalized spacial score (nSPS) is 10.2. The molecule has 4 N–H and O–H groups in total. The molecule has 1 amide bonds. The number of aliphatic hydroxyl groups is 1. The number of ether oxygens (including phenoxy) is 1. The standard InChI is InChI=1S/C16H16FN5O4/c17-4-6-25-16-12(15(24)22-26-7-5-23)13(19)20-14(21-16)11-3-1-2-10(8-11)9-18/h1-3,8,23H,4-7H2,(H,22,24)(H2,19,20,21). The minimum Gasteiger partial charge on any atom is -0.474 e. The number of anilines is 1. The van der Waals surface area contributed by atoms with Crippen molar-refractivity contribution in [3.8, 4) is 23.3 Å². The van der Waals surface area contributed by atoms with E-state index in [1.54, 1.807) is 18.2 Å². The fourth-order valence-electron chi connectivity index (χ4n) is 1.98. The summed E-state index contributed by atoms with van der Waals surface area (Å²) in [5, 5.41) is 17.7. The van der Waals surface area contributed by atoms with Crippen LogP contribution in [0.15, 0.2) is 24.3 Å². The zero-order valence-corrected chi connectivity index (χ0v) is 13.6. The van der Waals surface area contributed by atoms with Crippen LogP contribution in [0.3, 0.4) is 0 Å². The van der Waals surface area contributed by atoms with Gasteiger partial charge in [0.05, 0.1) is 24.8 Å². The lowest BCUT2D eigenvalue weighted by Crippen LogP contribution is -2.27.